The molecule has 1 N–H and O–H groups in total. The normalized spacial score (nSPS) is 22.7. The maximum Gasteiger partial charge on any atom is 0.123 e. The van der Waals surface area contributed by atoms with Crippen LogP contribution in [-0.4, -0.2) is 44.8 Å². The van der Waals surface area contributed by atoms with E-state index in [9.17, 15) is 4.39 Å². The number of hydrogen-bond acceptors (Lipinski definition) is 3. The third kappa shape index (κ3) is 5.06. The fourth-order valence-electron chi connectivity index (χ4n) is 3.20. The number of nitrogens with zero attached hydrogens (tertiary/aromatic N) is 1. The first kappa shape index (κ1) is 16.4. The van der Waals surface area contributed by atoms with E-state index >= 15 is 0 Å². The smallest absolute Gasteiger partial charge is 0.123 e. The summed E-state index contributed by atoms with van der Waals surface area (Å²) < 4.78 is 19.0. The Hall–Kier alpha value is -0.970. The van der Waals surface area contributed by atoms with E-state index in [1.807, 2.05) is 6.07 Å². The van der Waals surface area contributed by atoms with Gasteiger partial charge in [0.2, 0.25) is 0 Å². The Bertz CT molecular complexity index is 433. The zero-order valence-electron chi connectivity index (χ0n) is 13.2. The lowest BCUT2D eigenvalue weighted by molar-refractivity contribution is -0.0234. The number of hydrogen-bond donors (Lipinski definition) is 1. The summed E-state index contributed by atoms with van der Waals surface area (Å²) >= 11 is 0. The van der Waals surface area contributed by atoms with Crippen LogP contribution in [-0.2, 0) is 11.3 Å². The maximum atomic E-state index is 13.3. The van der Waals surface area contributed by atoms with E-state index < -0.39 is 0 Å². The quantitative estimate of drug-likeness (QED) is 0.837. The molecule has 2 rings (SSSR count). The Morgan fingerprint density at radius 1 is 1.43 bits per heavy atom. The lowest BCUT2D eigenvalue weighted by atomic mass is 9.81. The zero-order chi connectivity index (χ0) is 15.1. The Labute approximate surface area is 127 Å². The van der Waals surface area contributed by atoms with Gasteiger partial charge in [0.05, 0.1) is 6.61 Å². The first-order valence-electron chi connectivity index (χ1n) is 7.85. The molecule has 0 spiro atoms. The molecule has 118 valence electrons. The molecule has 1 aliphatic heterocycles. The van der Waals surface area contributed by atoms with Crippen molar-refractivity contribution in [2.24, 2.45) is 5.41 Å². The van der Waals surface area contributed by atoms with Crippen molar-refractivity contribution in [1.29, 1.82) is 0 Å². The molecular weight excluding hydrogens is 267 g/mol. The molecule has 21 heavy (non-hydrogen) atoms. The van der Waals surface area contributed by atoms with Crippen LogP contribution in [0.25, 0.3) is 0 Å². The van der Waals surface area contributed by atoms with E-state index in [1.54, 1.807) is 12.1 Å². The molecule has 1 heterocycles. The molecule has 0 amide bonds. The molecule has 1 aliphatic rings. The Morgan fingerprint density at radius 2 is 2.29 bits per heavy atom. The predicted octanol–water partition coefficient (Wildman–Crippen LogP) is 2.66. The van der Waals surface area contributed by atoms with Crippen LogP contribution in [0.5, 0.6) is 0 Å². The van der Waals surface area contributed by atoms with Crippen LogP contribution in [0.2, 0.25) is 0 Å². The molecule has 1 fully saturated rings. The van der Waals surface area contributed by atoms with Gasteiger partial charge in [0.15, 0.2) is 0 Å². The molecule has 1 saturated heterocycles. The molecule has 1 unspecified atom stereocenters. The number of halogens is 1. The molecular formula is C17H27FN2O. The van der Waals surface area contributed by atoms with E-state index in [4.69, 9.17) is 4.74 Å². The SMILES string of the molecule is CCNCC1(CN(C)Cc2cccc(F)c2)CCCOC1. The van der Waals surface area contributed by atoms with Crippen LogP contribution in [0.4, 0.5) is 4.39 Å². The molecule has 0 bridgehead atoms. The third-order valence-electron chi connectivity index (χ3n) is 4.10. The van der Waals surface area contributed by atoms with Crippen molar-refractivity contribution < 1.29 is 9.13 Å². The van der Waals surface area contributed by atoms with Crippen molar-refractivity contribution in [3.63, 3.8) is 0 Å². The van der Waals surface area contributed by atoms with Gasteiger partial charge in [0.1, 0.15) is 5.82 Å². The monoisotopic (exact) mass is 294 g/mol. The number of rotatable bonds is 7. The van der Waals surface area contributed by atoms with Crippen LogP contribution in [0.15, 0.2) is 24.3 Å². The van der Waals surface area contributed by atoms with Gasteiger partial charge in [0.25, 0.3) is 0 Å². The highest BCUT2D eigenvalue weighted by molar-refractivity contribution is 5.16. The summed E-state index contributed by atoms with van der Waals surface area (Å²) in [5.74, 6) is -0.163. The maximum absolute atomic E-state index is 13.3. The lowest BCUT2D eigenvalue weighted by Crippen LogP contribution is -2.48. The van der Waals surface area contributed by atoms with Gasteiger partial charge in [-0.3, -0.25) is 0 Å². The number of benzene rings is 1. The van der Waals surface area contributed by atoms with Crippen LogP contribution >= 0.6 is 0 Å². The summed E-state index contributed by atoms with van der Waals surface area (Å²) in [7, 11) is 2.10. The number of ether oxygens (including phenoxy) is 1. The standard InChI is InChI=1S/C17H27FN2O/c1-3-19-12-17(8-5-9-21-14-17)13-20(2)11-15-6-4-7-16(18)10-15/h4,6-7,10,19H,3,5,8-9,11-14H2,1-2H3. The van der Waals surface area contributed by atoms with E-state index in [2.05, 4.69) is 24.2 Å². The lowest BCUT2D eigenvalue weighted by Gasteiger charge is -2.40. The summed E-state index contributed by atoms with van der Waals surface area (Å²) in [6.45, 7) is 7.53. The van der Waals surface area contributed by atoms with E-state index in [-0.39, 0.29) is 11.2 Å². The highest BCUT2D eigenvalue weighted by Crippen LogP contribution is 2.29. The van der Waals surface area contributed by atoms with Gasteiger partial charge in [-0.2, -0.15) is 0 Å². The highest BCUT2D eigenvalue weighted by Gasteiger charge is 2.33. The molecule has 1 atom stereocenters. The van der Waals surface area contributed by atoms with Crippen LogP contribution in [0.3, 0.4) is 0 Å². The predicted molar refractivity (Wildman–Crippen MR) is 83.8 cm³/mol. The summed E-state index contributed by atoms with van der Waals surface area (Å²) in [6.07, 6.45) is 2.31. The fraction of sp³-hybridized carbons (Fsp3) is 0.647. The average Bonchev–Trinajstić information content (AvgIpc) is 2.46. The second-order valence-electron chi connectivity index (χ2n) is 6.24. The number of nitrogens with one attached hydrogen (secondary N) is 1. The van der Waals surface area contributed by atoms with Gasteiger partial charge in [-0.1, -0.05) is 19.1 Å². The van der Waals surface area contributed by atoms with Gasteiger partial charge in [0, 0.05) is 31.7 Å². The van der Waals surface area contributed by atoms with Crippen molar-refractivity contribution >= 4 is 0 Å². The van der Waals surface area contributed by atoms with Crippen molar-refractivity contribution in [2.75, 3.05) is 39.9 Å². The van der Waals surface area contributed by atoms with E-state index in [0.29, 0.717) is 0 Å². The van der Waals surface area contributed by atoms with Gasteiger partial charge >= 0.3 is 0 Å². The molecule has 1 aromatic carbocycles. The Balaban J connectivity index is 1.95. The van der Waals surface area contributed by atoms with Gasteiger partial charge in [-0.05, 0) is 44.1 Å². The minimum Gasteiger partial charge on any atom is -0.381 e. The molecule has 3 nitrogen and oxygen atoms in total. The largest absolute Gasteiger partial charge is 0.381 e. The first-order valence-corrected chi connectivity index (χ1v) is 7.85. The molecule has 1 aromatic rings. The van der Waals surface area contributed by atoms with Crippen LogP contribution in [0, 0.1) is 11.2 Å². The topological polar surface area (TPSA) is 24.5 Å². The van der Waals surface area contributed by atoms with Crippen molar-refractivity contribution in [3.8, 4) is 0 Å². The molecule has 4 heteroatoms. The Kier molecular flexibility index (Phi) is 6.15. The first-order chi connectivity index (χ1) is 10.1. The van der Waals surface area contributed by atoms with Gasteiger partial charge < -0.3 is 15.0 Å². The van der Waals surface area contributed by atoms with Crippen LogP contribution in [0.1, 0.15) is 25.3 Å². The van der Waals surface area contributed by atoms with E-state index in [1.165, 1.54) is 12.5 Å². The Morgan fingerprint density at radius 3 is 2.95 bits per heavy atom. The summed E-state index contributed by atoms with van der Waals surface area (Å²) in [6, 6.07) is 6.86. The van der Waals surface area contributed by atoms with Crippen molar-refractivity contribution in [2.45, 2.75) is 26.3 Å². The fourth-order valence-corrected chi connectivity index (χ4v) is 3.20. The molecule has 0 aliphatic carbocycles. The van der Waals surface area contributed by atoms with E-state index in [0.717, 1.165) is 51.4 Å². The average molecular weight is 294 g/mol. The van der Waals surface area contributed by atoms with Crippen molar-refractivity contribution in [3.05, 3.63) is 35.6 Å². The minimum absolute atomic E-state index is 0.163. The van der Waals surface area contributed by atoms with Crippen LogP contribution < -0.4 is 5.32 Å². The second kappa shape index (κ2) is 7.87. The summed E-state index contributed by atoms with van der Waals surface area (Å²) in [5.41, 5.74) is 1.20. The zero-order valence-corrected chi connectivity index (χ0v) is 13.2. The third-order valence-corrected chi connectivity index (χ3v) is 4.10. The summed E-state index contributed by atoms with van der Waals surface area (Å²) in [5, 5.41) is 3.47. The molecule has 0 radical (unpaired) electrons. The molecule has 0 saturated carbocycles. The van der Waals surface area contributed by atoms with Crippen molar-refractivity contribution in [1.82, 2.24) is 10.2 Å². The second-order valence-corrected chi connectivity index (χ2v) is 6.24. The van der Waals surface area contributed by atoms with Gasteiger partial charge in [-0.25, -0.2) is 4.39 Å². The molecule has 0 aromatic heterocycles. The minimum atomic E-state index is -0.163. The summed E-state index contributed by atoms with van der Waals surface area (Å²) in [4.78, 5) is 2.28. The highest BCUT2D eigenvalue weighted by atomic mass is 19.1. The van der Waals surface area contributed by atoms with Gasteiger partial charge in [-0.15, -0.1) is 0 Å².